The van der Waals surface area contributed by atoms with Crippen LogP contribution in [-0.4, -0.2) is 18.5 Å². The van der Waals surface area contributed by atoms with Crippen LogP contribution in [0.25, 0.3) is 0 Å². The van der Waals surface area contributed by atoms with E-state index < -0.39 is 5.97 Å². The number of hydrogen-bond donors (Lipinski definition) is 1. The molecule has 0 aliphatic heterocycles. The van der Waals surface area contributed by atoms with Crippen LogP contribution in [0.1, 0.15) is 49.1 Å². The first-order valence-corrected chi connectivity index (χ1v) is 8.94. The van der Waals surface area contributed by atoms with Crippen molar-refractivity contribution >= 4 is 28.2 Å². The van der Waals surface area contributed by atoms with Crippen LogP contribution in [0, 0.1) is 22.7 Å². The van der Waals surface area contributed by atoms with Crippen molar-refractivity contribution in [3.8, 4) is 12.1 Å². The number of rotatable bonds is 5. The van der Waals surface area contributed by atoms with Crippen LogP contribution in [-0.2, 0) is 27.2 Å². The van der Waals surface area contributed by atoms with Gasteiger partial charge in [0.05, 0.1) is 12.2 Å². The summed E-state index contributed by atoms with van der Waals surface area (Å²) in [6, 6.07) is 3.98. The first-order valence-electron chi connectivity index (χ1n) is 8.13. The molecule has 1 aliphatic rings. The fourth-order valence-corrected chi connectivity index (χ4v) is 4.05. The van der Waals surface area contributed by atoms with Gasteiger partial charge in [-0.05, 0) is 50.7 Å². The van der Waals surface area contributed by atoms with Gasteiger partial charge >= 0.3 is 5.97 Å². The number of hydrogen-bond acceptors (Lipinski definition) is 6. The number of nitriles is 2. The third kappa shape index (κ3) is 4.26. The van der Waals surface area contributed by atoms with Gasteiger partial charge < -0.3 is 10.1 Å². The number of amides is 1. The average molecular weight is 357 g/mol. The van der Waals surface area contributed by atoms with Crippen LogP contribution < -0.4 is 5.32 Å². The number of thiophene rings is 1. The van der Waals surface area contributed by atoms with E-state index in [0.29, 0.717) is 16.1 Å². The molecule has 130 valence electrons. The highest BCUT2D eigenvalue weighted by molar-refractivity contribution is 7.16. The lowest BCUT2D eigenvalue weighted by molar-refractivity contribution is -0.138. The smallest absolute Gasteiger partial charge is 0.348 e. The van der Waals surface area contributed by atoms with Crippen molar-refractivity contribution in [3.05, 3.63) is 27.2 Å². The van der Waals surface area contributed by atoms with E-state index in [1.54, 1.807) is 19.9 Å². The topological polar surface area (TPSA) is 103 Å². The Kier molecular flexibility index (Phi) is 6.32. The Labute approximate surface area is 150 Å². The molecule has 0 spiro atoms. The summed E-state index contributed by atoms with van der Waals surface area (Å²) < 4.78 is 4.82. The standard InChI is InChI=1S/C18H19N3O3S/c1-3-24-18(23)13(9-19)11(2)8-16(22)21-17-14(10-20)12-6-4-5-7-15(12)25-17/h3-8H2,1-2H3,(H,21,22). The number of carbonyl (C=O) groups is 2. The number of fused-ring (bicyclic) bond motifs is 1. The van der Waals surface area contributed by atoms with Gasteiger partial charge in [-0.3, -0.25) is 4.79 Å². The molecule has 7 heteroatoms. The number of anilines is 1. The fourth-order valence-electron chi connectivity index (χ4n) is 2.79. The number of ether oxygens (including phenoxy) is 1. The lowest BCUT2D eigenvalue weighted by Gasteiger charge is -2.09. The number of aryl methyl sites for hydroxylation is 1. The van der Waals surface area contributed by atoms with E-state index in [1.165, 1.54) is 11.3 Å². The van der Waals surface area contributed by atoms with E-state index in [-0.39, 0.29) is 24.5 Å². The molecule has 0 saturated carbocycles. The molecule has 1 aliphatic carbocycles. The molecule has 1 heterocycles. The highest BCUT2D eigenvalue weighted by Gasteiger charge is 2.22. The monoisotopic (exact) mass is 357 g/mol. The maximum atomic E-state index is 12.3. The van der Waals surface area contributed by atoms with Crippen LogP contribution in [0.3, 0.4) is 0 Å². The highest BCUT2D eigenvalue weighted by Crippen LogP contribution is 2.37. The van der Waals surface area contributed by atoms with Gasteiger partial charge in [-0.2, -0.15) is 10.5 Å². The van der Waals surface area contributed by atoms with Crippen LogP contribution in [0.15, 0.2) is 11.1 Å². The van der Waals surface area contributed by atoms with E-state index in [4.69, 9.17) is 10.00 Å². The Bertz CT molecular complexity index is 809. The van der Waals surface area contributed by atoms with Crippen LogP contribution >= 0.6 is 11.3 Å². The molecule has 1 amide bonds. The Morgan fingerprint density at radius 1 is 1.28 bits per heavy atom. The minimum atomic E-state index is -0.723. The van der Waals surface area contributed by atoms with Gasteiger partial charge in [-0.25, -0.2) is 4.79 Å². The van der Waals surface area contributed by atoms with Gasteiger partial charge in [-0.15, -0.1) is 11.3 Å². The number of nitrogens with zero attached hydrogens (tertiary/aromatic N) is 2. The Morgan fingerprint density at radius 3 is 2.64 bits per heavy atom. The molecule has 0 fully saturated rings. The molecule has 0 unspecified atom stereocenters. The lowest BCUT2D eigenvalue weighted by atomic mass is 9.96. The van der Waals surface area contributed by atoms with Gasteiger partial charge in [0, 0.05) is 11.3 Å². The summed E-state index contributed by atoms with van der Waals surface area (Å²) >= 11 is 1.44. The molecular formula is C18H19N3O3S. The van der Waals surface area contributed by atoms with Crippen molar-refractivity contribution in [2.75, 3.05) is 11.9 Å². The highest BCUT2D eigenvalue weighted by atomic mass is 32.1. The van der Waals surface area contributed by atoms with Gasteiger partial charge in [0.15, 0.2) is 0 Å². The molecule has 2 rings (SSSR count). The van der Waals surface area contributed by atoms with Gasteiger partial charge in [-0.1, -0.05) is 0 Å². The summed E-state index contributed by atoms with van der Waals surface area (Å²) in [5.41, 5.74) is 1.78. The molecule has 1 aromatic rings. The summed E-state index contributed by atoms with van der Waals surface area (Å²) in [7, 11) is 0. The molecule has 1 N–H and O–H groups in total. The molecule has 0 aromatic carbocycles. The van der Waals surface area contributed by atoms with Crippen molar-refractivity contribution < 1.29 is 14.3 Å². The van der Waals surface area contributed by atoms with Gasteiger partial charge in [0.2, 0.25) is 5.91 Å². The Balaban J connectivity index is 2.15. The summed E-state index contributed by atoms with van der Waals surface area (Å²) in [6.07, 6.45) is 3.85. The zero-order chi connectivity index (χ0) is 18.4. The SMILES string of the molecule is CCOC(=O)C(C#N)=C(C)CC(=O)Nc1sc2c(c1C#N)CCCC2. The average Bonchev–Trinajstić information content (AvgIpc) is 2.92. The predicted molar refractivity (Wildman–Crippen MR) is 93.9 cm³/mol. The third-order valence-corrected chi connectivity index (χ3v) is 5.19. The molecule has 0 atom stereocenters. The lowest BCUT2D eigenvalue weighted by Crippen LogP contribution is -2.14. The van der Waals surface area contributed by atoms with Crippen LogP contribution in [0.4, 0.5) is 5.00 Å². The minimum absolute atomic E-state index is 0.102. The van der Waals surface area contributed by atoms with E-state index in [0.717, 1.165) is 36.1 Å². The van der Waals surface area contributed by atoms with Crippen molar-refractivity contribution in [2.45, 2.75) is 46.0 Å². The third-order valence-electron chi connectivity index (χ3n) is 3.98. The van der Waals surface area contributed by atoms with Crippen molar-refractivity contribution in [3.63, 3.8) is 0 Å². The Hall–Kier alpha value is -2.64. The second-order valence-corrected chi connectivity index (χ2v) is 6.84. The largest absolute Gasteiger partial charge is 0.462 e. The number of carbonyl (C=O) groups excluding carboxylic acids is 2. The molecule has 6 nitrogen and oxygen atoms in total. The van der Waals surface area contributed by atoms with E-state index in [9.17, 15) is 14.9 Å². The van der Waals surface area contributed by atoms with E-state index >= 15 is 0 Å². The maximum Gasteiger partial charge on any atom is 0.348 e. The van der Waals surface area contributed by atoms with E-state index in [1.807, 2.05) is 0 Å². The summed E-state index contributed by atoms with van der Waals surface area (Å²) in [5.74, 6) is -1.08. The van der Waals surface area contributed by atoms with Crippen LogP contribution in [0.5, 0.6) is 0 Å². The second kappa shape index (κ2) is 8.46. The first kappa shape index (κ1) is 18.7. The molecular weight excluding hydrogens is 338 g/mol. The second-order valence-electron chi connectivity index (χ2n) is 5.74. The van der Waals surface area contributed by atoms with Gasteiger partial charge in [0.25, 0.3) is 0 Å². The molecule has 0 bridgehead atoms. The van der Waals surface area contributed by atoms with Gasteiger partial charge in [0.1, 0.15) is 22.7 Å². The molecule has 1 aromatic heterocycles. The summed E-state index contributed by atoms with van der Waals surface area (Å²) in [5, 5.41) is 21.8. The molecule has 25 heavy (non-hydrogen) atoms. The zero-order valence-electron chi connectivity index (χ0n) is 14.3. The predicted octanol–water partition coefficient (Wildman–Crippen LogP) is 3.23. The zero-order valence-corrected chi connectivity index (χ0v) is 15.1. The van der Waals surface area contributed by atoms with E-state index in [2.05, 4.69) is 11.4 Å². The van der Waals surface area contributed by atoms with Crippen molar-refractivity contribution in [1.29, 1.82) is 10.5 Å². The minimum Gasteiger partial charge on any atom is -0.462 e. The van der Waals surface area contributed by atoms with Crippen molar-refractivity contribution in [1.82, 2.24) is 0 Å². The maximum absolute atomic E-state index is 12.3. The van der Waals surface area contributed by atoms with Crippen molar-refractivity contribution in [2.24, 2.45) is 0 Å². The number of nitrogens with one attached hydrogen (secondary N) is 1. The first-order chi connectivity index (χ1) is 12.0. The molecule has 0 saturated heterocycles. The fraction of sp³-hybridized carbons (Fsp3) is 0.444. The Morgan fingerprint density at radius 2 is 2.00 bits per heavy atom. The number of esters is 1. The molecule has 0 radical (unpaired) electrons. The summed E-state index contributed by atoms with van der Waals surface area (Å²) in [4.78, 5) is 25.2. The normalized spacial score (nSPS) is 13.8. The quantitative estimate of drug-likeness (QED) is 0.495. The van der Waals surface area contributed by atoms with Crippen LogP contribution in [0.2, 0.25) is 0 Å². The summed E-state index contributed by atoms with van der Waals surface area (Å²) in [6.45, 7) is 3.37.